The highest BCUT2D eigenvalue weighted by Gasteiger charge is 2.20. The zero-order valence-electron chi connectivity index (χ0n) is 9.57. The second-order valence-electron chi connectivity index (χ2n) is 3.03. The van der Waals surface area contributed by atoms with Crippen LogP contribution in [0.25, 0.3) is 0 Å². The summed E-state index contributed by atoms with van der Waals surface area (Å²) >= 11 is 0. The lowest BCUT2D eigenvalue weighted by Crippen LogP contribution is -2.10. The minimum absolute atomic E-state index is 0.0134. The minimum Gasteiger partial charge on any atom is -0.495 e. The van der Waals surface area contributed by atoms with Crippen LogP contribution in [-0.2, 0) is 4.74 Å². The van der Waals surface area contributed by atoms with E-state index in [1.54, 1.807) is 6.07 Å². The van der Waals surface area contributed by atoms with Crippen molar-refractivity contribution in [3.8, 4) is 17.6 Å². The summed E-state index contributed by atoms with van der Waals surface area (Å²) < 4.78 is 37.8. The highest BCUT2D eigenvalue weighted by Crippen LogP contribution is 2.30. The van der Waals surface area contributed by atoms with Crippen LogP contribution in [0.3, 0.4) is 0 Å². The molecule has 0 N–H and O–H groups in total. The fourth-order valence-corrected chi connectivity index (χ4v) is 1.28. The zero-order chi connectivity index (χ0) is 13.7. The lowest BCUT2D eigenvalue weighted by atomic mass is 10.1. The first-order chi connectivity index (χ1) is 8.53. The van der Waals surface area contributed by atoms with Gasteiger partial charge in [0, 0.05) is 6.07 Å². The van der Waals surface area contributed by atoms with Crippen LogP contribution in [0, 0.1) is 11.3 Å². The number of alkyl halides is 2. The standard InChI is InChI=1S/C11H9F2NO4/c1-16-8-4-9(18-11(12)13)7(10(15)17-2)3-6(8)5-14/h3-4,11H,1-2H3. The molecule has 0 fully saturated rings. The molecule has 0 spiro atoms. The van der Waals surface area contributed by atoms with E-state index in [9.17, 15) is 13.6 Å². The third-order valence-electron chi connectivity index (χ3n) is 2.04. The highest BCUT2D eigenvalue weighted by molar-refractivity contribution is 5.93. The maximum absolute atomic E-state index is 12.2. The third-order valence-corrected chi connectivity index (χ3v) is 2.04. The van der Waals surface area contributed by atoms with Gasteiger partial charge in [-0.1, -0.05) is 0 Å². The van der Waals surface area contributed by atoms with Gasteiger partial charge in [-0.15, -0.1) is 0 Å². The van der Waals surface area contributed by atoms with E-state index in [1.807, 2.05) is 0 Å². The van der Waals surface area contributed by atoms with Crippen molar-refractivity contribution in [1.82, 2.24) is 0 Å². The van der Waals surface area contributed by atoms with E-state index < -0.39 is 18.3 Å². The Balaban J connectivity index is 3.36. The maximum atomic E-state index is 12.2. The molecule has 0 aliphatic carbocycles. The number of methoxy groups -OCH3 is 2. The molecule has 0 unspecified atom stereocenters. The number of benzene rings is 1. The molecule has 7 heteroatoms. The fourth-order valence-electron chi connectivity index (χ4n) is 1.28. The van der Waals surface area contributed by atoms with Crippen molar-refractivity contribution < 1.29 is 27.8 Å². The Morgan fingerprint density at radius 3 is 2.44 bits per heavy atom. The average Bonchev–Trinajstić information content (AvgIpc) is 2.36. The molecule has 18 heavy (non-hydrogen) atoms. The van der Waals surface area contributed by atoms with Crippen LogP contribution >= 0.6 is 0 Å². The summed E-state index contributed by atoms with van der Waals surface area (Å²) in [7, 11) is 2.35. The quantitative estimate of drug-likeness (QED) is 0.771. The van der Waals surface area contributed by atoms with Crippen LogP contribution in [-0.4, -0.2) is 26.8 Å². The summed E-state index contributed by atoms with van der Waals surface area (Å²) in [6.07, 6.45) is 0. The second-order valence-corrected chi connectivity index (χ2v) is 3.03. The van der Waals surface area contributed by atoms with Gasteiger partial charge in [0.05, 0.1) is 19.8 Å². The van der Waals surface area contributed by atoms with Gasteiger partial charge in [0.25, 0.3) is 0 Å². The Morgan fingerprint density at radius 2 is 2.00 bits per heavy atom. The van der Waals surface area contributed by atoms with Crippen molar-refractivity contribution in [2.24, 2.45) is 0 Å². The molecular formula is C11H9F2NO4. The first-order valence-corrected chi connectivity index (χ1v) is 4.68. The smallest absolute Gasteiger partial charge is 0.387 e. The number of hydrogen-bond donors (Lipinski definition) is 0. The van der Waals surface area contributed by atoms with Gasteiger partial charge in [-0.05, 0) is 6.07 Å². The van der Waals surface area contributed by atoms with Crippen molar-refractivity contribution in [2.75, 3.05) is 14.2 Å². The molecule has 1 aromatic rings. The second kappa shape index (κ2) is 5.82. The molecule has 5 nitrogen and oxygen atoms in total. The number of carbonyl (C=O) groups excluding carboxylic acids is 1. The van der Waals surface area contributed by atoms with Crippen molar-refractivity contribution in [2.45, 2.75) is 6.61 Å². The zero-order valence-corrected chi connectivity index (χ0v) is 9.57. The van der Waals surface area contributed by atoms with Crippen LogP contribution in [0.1, 0.15) is 15.9 Å². The van der Waals surface area contributed by atoms with Gasteiger partial charge in [-0.2, -0.15) is 14.0 Å². The molecule has 0 bridgehead atoms. The van der Waals surface area contributed by atoms with Gasteiger partial charge >= 0.3 is 12.6 Å². The number of halogens is 2. The molecule has 0 heterocycles. The topological polar surface area (TPSA) is 68.6 Å². The van der Waals surface area contributed by atoms with E-state index in [0.717, 1.165) is 19.2 Å². The van der Waals surface area contributed by atoms with Crippen LogP contribution in [0.5, 0.6) is 11.5 Å². The molecule has 0 amide bonds. The summed E-state index contributed by atoms with van der Waals surface area (Å²) in [4.78, 5) is 11.4. The molecule has 0 aliphatic rings. The van der Waals surface area contributed by atoms with E-state index in [1.165, 1.54) is 7.11 Å². The molecule has 96 valence electrons. The molecule has 0 radical (unpaired) electrons. The first kappa shape index (κ1) is 13.7. The predicted molar refractivity (Wildman–Crippen MR) is 55.7 cm³/mol. The van der Waals surface area contributed by atoms with E-state index in [2.05, 4.69) is 9.47 Å². The summed E-state index contributed by atoms with van der Waals surface area (Å²) in [5.41, 5.74) is -0.255. The molecule has 0 saturated carbocycles. The number of carbonyl (C=O) groups is 1. The number of rotatable bonds is 4. The number of nitriles is 1. The molecule has 0 saturated heterocycles. The van der Waals surface area contributed by atoms with Gasteiger partial charge in [0.15, 0.2) is 0 Å². The van der Waals surface area contributed by atoms with Crippen LogP contribution in [0.4, 0.5) is 8.78 Å². The van der Waals surface area contributed by atoms with Gasteiger partial charge in [-0.25, -0.2) is 4.79 Å². The summed E-state index contributed by atoms with van der Waals surface area (Å²) in [5, 5.41) is 8.83. The van der Waals surface area contributed by atoms with Crippen molar-refractivity contribution in [1.29, 1.82) is 5.26 Å². The van der Waals surface area contributed by atoms with Crippen molar-refractivity contribution >= 4 is 5.97 Å². The lowest BCUT2D eigenvalue weighted by molar-refractivity contribution is -0.0504. The molecular weight excluding hydrogens is 248 g/mol. The Labute approximate surface area is 101 Å². The fraction of sp³-hybridized carbons (Fsp3) is 0.273. The van der Waals surface area contributed by atoms with E-state index in [-0.39, 0.29) is 16.9 Å². The highest BCUT2D eigenvalue weighted by atomic mass is 19.3. The van der Waals surface area contributed by atoms with Crippen LogP contribution in [0.15, 0.2) is 12.1 Å². The number of nitrogens with zero attached hydrogens (tertiary/aromatic N) is 1. The Bertz CT molecular complexity index is 497. The van der Waals surface area contributed by atoms with Gasteiger partial charge in [0.1, 0.15) is 23.1 Å². The molecule has 1 rings (SSSR count). The van der Waals surface area contributed by atoms with Gasteiger partial charge in [-0.3, -0.25) is 0 Å². The van der Waals surface area contributed by atoms with E-state index >= 15 is 0 Å². The SMILES string of the molecule is COC(=O)c1cc(C#N)c(OC)cc1OC(F)F. The van der Waals surface area contributed by atoms with E-state index in [0.29, 0.717) is 0 Å². The number of ether oxygens (including phenoxy) is 3. The monoisotopic (exact) mass is 257 g/mol. The molecule has 0 atom stereocenters. The summed E-state index contributed by atoms with van der Waals surface area (Å²) in [5.74, 6) is -1.27. The van der Waals surface area contributed by atoms with Gasteiger partial charge < -0.3 is 14.2 Å². The maximum Gasteiger partial charge on any atom is 0.387 e. The third kappa shape index (κ3) is 2.85. The van der Waals surface area contributed by atoms with Crippen LogP contribution in [0.2, 0.25) is 0 Å². The lowest BCUT2D eigenvalue weighted by Gasteiger charge is -2.12. The van der Waals surface area contributed by atoms with Gasteiger partial charge in [0.2, 0.25) is 0 Å². The average molecular weight is 257 g/mol. The molecule has 0 aromatic heterocycles. The molecule has 0 aliphatic heterocycles. The Hall–Kier alpha value is -2.36. The summed E-state index contributed by atoms with van der Waals surface area (Å²) in [6, 6.07) is 3.88. The first-order valence-electron chi connectivity index (χ1n) is 4.68. The van der Waals surface area contributed by atoms with E-state index in [4.69, 9.17) is 10.00 Å². The largest absolute Gasteiger partial charge is 0.495 e. The molecule has 1 aromatic carbocycles. The Morgan fingerprint density at radius 1 is 1.33 bits per heavy atom. The van der Waals surface area contributed by atoms with Crippen molar-refractivity contribution in [3.05, 3.63) is 23.3 Å². The minimum atomic E-state index is -3.11. The van der Waals surface area contributed by atoms with Crippen LogP contribution < -0.4 is 9.47 Å². The number of hydrogen-bond acceptors (Lipinski definition) is 5. The Kier molecular flexibility index (Phi) is 4.43. The van der Waals surface area contributed by atoms with Crippen molar-refractivity contribution in [3.63, 3.8) is 0 Å². The summed E-state index contributed by atoms with van der Waals surface area (Å²) in [6.45, 7) is -3.11. The predicted octanol–water partition coefficient (Wildman–Crippen LogP) is 1.95. The normalized spacial score (nSPS) is 9.78. The number of esters is 1.